The SMILES string of the molecule is c1ccc(-c2ccc(OC3CCNCC3)s2)cc1. The Morgan fingerprint density at radius 1 is 1.00 bits per heavy atom. The molecule has 2 nitrogen and oxygen atoms in total. The fourth-order valence-corrected chi connectivity index (χ4v) is 3.15. The van der Waals surface area contributed by atoms with Crippen molar-refractivity contribution in [3.8, 4) is 15.5 Å². The van der Waals surface area contributed by atoms with Crippen LogP contribution in [-0.4, -0.2) is 19.2 Å². The van der Waals surface area contributed by atoms with Crippen LogP contribution in [0.5, 0.6) is 5.06 Å². The van der Waals surface area contributed by atoms with Crippen LogP contribution in [0.4, 0.5) is 0 Å². The molecule has 0 radical (unpaired) electrons. The van der Waals surface area contributed by atoms with E-state index in [4.69, 9.17) is 4.74 Å². The highest BCUT2D eigenvalue weighted by Crippen LogP contribution is 2.33. The lowest BCUT2D eigenvalue weighted by Crippen LogP contribution is -2.33. The van der Waals surface area contributed by atoms with Crippen LogP contribution in [0, 0.1) is 0 Å². The monoisotopic (exact) mass is 259 g/mol. The van der Waals surface area contributed by atoms with Crippen molar-refractivity contribution in [1.82, 2.24) is 5.32 Å². The summed E-state index contributed by atoms with van der Waals surface area (Å²) in [5.41, 5.74) is 1.27. The second-order valence-electron chi connectivity index (χ2n) is 4.55. The molecule has 18 heavy (non-hydrogen) atoms. The summed E-state index contributed by atoms with van der Waals surface area (Å²) in [6.45, 7) is 2.14. The fraction of sp³-hybridized carbons (Fsp3) is 0.333. The molecule has 0 aliphatic carbocycles. The van der Waals surface area contributed by atoms with Crippen LogP contribution in [0.1, 0.15) is 12.8 Å². The van der Waals surface area contributed by atoms with E-state index in [1.807, 2.05) is 6.07 Å². The molecule has 2 heterocycles. The Morgan fingerprint density at radius 3 is 2.56 bits per heavy atom. The molecule has 1 aliphatic heterocycles. The highest BCUT2D eigenvalue weighted by atomic mass is 32.1. The lowest BCUT2D eigenvalue weighted by Gasteiger charge is -2.22. The number of hydrogen-bond acceptors (Lipinski definition) is 3. The minimum Gasteiger partial charge on any atom is -0.481 e. The largest absolute Gasteiger partial charge is 0.481 e. The van der Waals surface area contributed by atoms with Crippen LogP contribution >= 0.6 is 11.3 Å². The minimum atomic E-state index is 0.383. The molecule has 2 aromatic rings. The predicted molar refractivity (Wildman–Crippen MR) is 76.3 cm³/mol. The summed E-state index contributed by atoms with van der Waals surface area (Å²) in [4.78, 5) is 1.28. The zero-order valence-electron chi connectivity index (χ0n) is 10.3. The molecule has 1 saturated heterocycles. The maximum Gasteiger partial charge on any atom is 0.174 e. The summed E-state index contributed by atoms with van der Waals surface area (Å²) >= 11 is 1.74. The first-order valence-corrected chi connectivity index (χ1v) is 7.26. The Labute approximate surface area is 112 Å². The fourth-order valence-electron chi connectivity index (χ4n) is 2.22. The highest BCUT2D eigenvalue weighted by molar-refractivity contribution is 7.17. The summed E-state index contributed by atoms with van der Waals surface area (Å²) in [7, 11) is 0. The summed E-state index contributed by atoms with van der Waals surface area (Å²) in [5.74, 6) is 0. The number of hydrogen-bond donors (Lipinski definition) is 1. The van der Waals surface area contributed by atoms with E-state index in [1.165, 1.54) is 10.4 Å². The molecule has 0 unspecified atom stereocenters. The Kier molecular flexibility index (Phi) is 3.62. The van der Waals surface area contributed by atoms with Gasteiger partial charge in [0, 0.05) is 4.88 Å². The predicted octanol–water partition coefficient (Wildman–Crippen LogP) is 3.55. The van der Waals surface area contributed by atoms with Gasteiger partial charge in [-0.2, -0.15) is 0 Å². The second-order valence-corrected chi connectivity index (χ2v) is 5.60. The van der Waals surface area contributed by atoms with E-state index in [9.17, 15) is 0 Å². The lowest BCUT2D eigenvalue weighted by atomic mass is 10.1. The Bertz CT molecular complexity index is 488. The van der Waals surface area contributed by atoms with Gasteiger partial charge >= 0.3 is 0 Å². The van der Waals surface area contributed by atoms with Crippen LogP contribution in [0.15, 0.2) is 42.5 Å². The number of thiophene rings is 1. The zero-order chi connectivity index (χ0) is 12.2. The van der Waals surface area contributed by atoms with Crippen LogP contribution in [0.3, 0.4) is 0 Å². The first-order chi connectivity index (χ1) is 8.92. The number of ether oxygens (including phenoxy) is 1. The van der Waals surface area contributed by atoms with Crippen molar-refractivity contribution in [3.05, 3.63) is 42.5 Å². The van der Waals surface area contributed by atoms with E-state index in [0.717, 1.165) is 31.0 Å². The molecule has 94 valence electrons. The van der Waals surface area contributed by atoms with Crippen LogP contribution in [-0.2, 0) is 0 Å². The number of rotatable bonds is 3. The molecule has 1 aliphatic rings. The number of piperidine rings is 1. The lowest BCUT2D eigenvalue weighted by molar-refractivity contribution is 0.168. The van der Waals surface area contributed by atoms with E-state index in [2.05, 4.69) is 41.7 Å². The van der Waals surface area contributed by atoms with Gasteiger partial charge in [0.15, 0.2) is 5.06 Å². The molecule has 1 N–H and O–H groups in total. The Morgan fingerprint density at radius 2 is 1.78 bits per heavy atom. The molecular formula is C15H17NOS. The highest BCUT2D eigenvalue weighted by Gasteiger charge is 2.15. The van der Waals surface area contributed by atoms with Gasteiger partial charge in [-0.15, -0.1) is 0 Å². The van der Waals surface area contributed by atoms with Crippen LogP contribution in [0.2, 0.25) is 0 Å². The normalized spacial score (nSPS) is 16.7. The summed E-state index contributed by atoms with van der Waals surface area (Å²) in [6.07, 6.45) is 2.60. The van der Waals surface area contributed by atoms with Gasteiger partial charge in [-0.05, 0) is 43.6 Å². The Balaban J connectivity index is 1.69. The van der Waals surface area contributed by atoms with Gasteiger partial charge in [0.1, 0.15) is 6.10 Å². The zero-order valence-corrected chi connectivity index (χ0v) is 11.1. The van der Waals surface area contributed by atoms with Crippen molar-refractivity contribution in [2.75, 3.05) is 13.1 Å². The van der Waals surface area contributed by atoms with Crippen molar-refractivity contribution in [3.63, 3.8) is 0 Å². The van der Waals surface area contributed by atoms with Crippen molar-refractivity contribution in [2.24, 2.45) is 0 Å². The standard InChI is InChI=1S/C15H17NOS/c1-2-4-12(5-3-1)14-6-7-15(18-14)17-13-8-10-16-11-9-13/h1-7,13,16H,8-11H2. The van der Waals surface area contributed by atoms with Crippen molar-refractivity contribution < 1.29 is 4.74 Å². The van der Waals surface area contributed by atoms with E-state index < -0.39 is 0 Å². The average Bonchev–Trinajstić information content (AvgIpc) is 2.89. The third-order valence-electron chi connectivity index (χ3n) is 3.21. The van der Waals surface area contributed by atoms with Gasteiger partial charge in [-0.1, -0.05) is 41.7 Å². The van der Waals surface area contributed by atoms with Crippen molar-refractivity contribution >= 4 is 11.3 Å². The van der Waals surface area contributed by atoms with E-state index >= 15 is 0 Å². The molecule has 3 heteroatoms. The molecular weight excluding hydrogens is 242 g/mol. The molecule has 0 atom stereocenters. The maximum atomic E-state index is 6.04. The quantitative estimate of drug-likeness (QED) is 0.910. The molecule has 1 fully saturated rings. The van der Waals surface area contributed by atoms with Gasteiger partial charge in [-0.3, -0.25) is 0 Å². The van der Waals surface area contributed by atoms with Crippen LogP contribution in [0.25, 0.3) is 10.4 Å². The summed E-state index contributed by atoms with van der Waals surface area (Å²) in [5, 5.41) is 4.40. The van der Waals surface area contributed by atoms with E-state index in [1.54, 1.807) is 11.3 Å². The van der Waals surface area contributed by atoms with E-state index in [-0.39, 0.29) is 0 Å². The molecule has 0 amide bonds. The third-order valence-corrected chi connectivity index (χ3v) is 4.23. The Hall–Kier alpha value is -1.32. The van der Waals surface area contributed by atoms with Gasteiger partial charge in [0.25, 0.3) is 0 Å². The smallest absolute Gasteiger partial charge is 0.174 e. The number of benzene rings is 1. The topological polar surface area (TPSA) is 21.3 Å². The third kappa shape index (κ3) is 2.74. The molecule has 1 aromatic heterocycles. The average molecular weight is 259 g/mol. The summed E-state index contributed by atoms with van der Waals surface area (Å²) in [6, 6.07) is 14.7. The van der Waals surface area contributed by atoms with Gasteiger partial charge in [0.05, 0.1) is 0 Å². The van der Waals surface area contributed by atoms with Gasteiger partial charge in [-0.25, -0.2) is 0 Å². The van der Waals surface area contributed by atoms with Crippen molar-refractivity contribution in [2.45, 2.75) is 18.9 Å². The van der Waals surface area contributed by atoms with Gasteiger partial charge in [0.2, 0.25) is 0 Å². The molecule has 3 rings (SSSR count). The first-order valence-electron chi connectivity index (χ1n) is 6.44. The first kappa shape index (κ1) is 11.8. The number of nitrogens with one attached hydrogen (secondary N) is 1. The van der Waals surface area contributed by atoms with Gasteiger partial charge < -0.3 is 10.1 Å². The molecule has 0 spiro atoms. The summed E-state index contributed by atoms with van der Waals surface area (Å²) < 4.78 is 6.04. The second kappa shape index (κ2) is 5.55. The molecule has 0 saturated carbocycles. The maximum absolute atomic E-state index is 6.04. The molecule has 1 aromatic carbocycles. The van der Waals surface area contributed by atoms with E-state index in [0.29, 0.717) is 6.10 Å². The van der Waals surface area contributed by atoms with Crippen molar-refractivity contribution in [1.29, 1.82) is 0 Å². The minimum absolute atomic E-state index is 0.383. The van der Waals surface area contributed by atoms with Crippen LogP contribution < -0.4 is 10.1 Å². The molecule has 0 bridgehead atoms.